The Kier molecular flexibility index (Phi) is 4.16. The summed E-state index contributed by atoms with van der Waals surface area (Å²) < 4.78 is 7.25. The van der Waals surface area contributed by atoms with Crippen molar-refractivity contribution in [1.82, 2.24) is 14.3 Å². The summed E-state index contributed by atoms with van der Waals surface area (Å²) in [5.41, 5.74) is 1.89. The molecule has 3 heterocycles. The number of pyridine rings is 1. The molecule has 1 aliphatic heterocycles. The first kappa shape index (κ1) is 16.3. The number of carbonyl (C=O) groups excluding carboxylic acids is 1. The number of amides is 1. The van der Waals surface area contributed by atoms with Crippen molar-refractivity contribution in [3.8, 4) is 5.75 Å². The van der Waals surface area contributed by atoms with Crippen LogP contribution in [0.5, 0.6) is 5.75 Å². The number of rotatable bonds is 3. The highest BCUT2D eigenvalue weighted by atomic mass is 16.5. The van der Waals surface area contributed by atoms with Gasteiger partial charge in [-0.2, -0.15) is 0 Å². The smallest absolute Gasteiger partial charge is 0.263 e. The van der Waals surface area contributed by atoms with Gasteiger partial charge in [0.15, 0.2) is 6.10 Å². The van der Waals surface area contributed by atoms with Gasteiger partial charge in [0.1, 0.15) is 11.4 Å². The monoisotopic (exact) mass is 349 g/mol. The number of ether oxygens (including phenoxy) is 1. The van der Waals surface area contributed by atoms with Crippen LogP contribution in [0, 0.1) is 0 Å². The van der Waals surface area contributed by atoms with Crippen molar-refractivity contribution >= 4 is 11.6 Å². The Morgan fingerprint density at radius 2 is 1.92 bits per heavy atom. The van der Waals surface area contributed by atoms with E-state index in [0.29, 0.717) is 29.9 Å². The number of nitrogens with zero attached hydrogens (tertiary/aromatic N) is 3. The van der Waals surface area contributed by atoms with Gasteiger partial charge in [0, 0.05) is 19.2 Å². The lowest BCUT2D eigenvalue weighted by Crippen LogP contribution is -2.45. The minimum atomic E-state index is -0.616. The van der Waals surface area contributed by atoms with Crippen LogP contribution >= 0.6 is 0 Å². The molecule has 1 amide bonds. The number of aromatic nitrogens is 2. The normalized spacial score (nSPS) is 14.7. The molecule has 0 aliphatic carbocycles. The summed E-state index contributed by atoms with van der Waals surface area (Å²) in [4.78, 5) is 31.8. The average Bonchev–Trinajstić information content (AvgIpc) is 2.68. The van der Waals surface area contributed by atoms with Gasteiger partial charge in [0.2, 0.25) is 0 Å². The Morgan fingerprint density at radius 1 is 1.15 bits per heavy atom. The fraction of sp³-hybridized carbons (Fsp3) is 0.250. The predicted molar refractivity (Wildman–Crippen MR) is 97.1 cm³/mol. The maximum atomic E-state index is 12.8. The van der Waals surface area contributed by atoms with E-state index in [2.05, 4.69) is 4.98 Å². The van der Waals surface area contributed by atoms with Gasteiger partial charge in [-0.05, 0) is 31.2 Å². The van der Waals surface area contributed by atoms with Crippen LogP contribution in [0.15, 0.2) is 59.5 Å². The van der Waals surface area contributed by atoms with Gasteiger partial charge < -0.3 is 9.64 Å². The highest BCUT2D eigenvalue weighted by Gasteiger charge is 2.28. The van der Waals surface area contributed by atoms with E-state index in [9.17, 15) is 9.59 Å². The Morgan fingerprint density at radius 3 is 2.73 bits per heavy atom. The summed E-state index contributed by atoms with van der Waals surface area (Å²) in [5.74, 6) is 0.524. The quantitative estimate of drug-likeness (QED) is 0.726. The van der Waals surface area contributed by atoms with Crippen LogP contribution in [-0.4, -0.2) is 32.8 Å². The second kappa shape index (κ2) is 6.63. The lowest BCUT2D eigenvalue weighted by Gasteiger charge is -2.30. The van der Waals surface area contributed by atoms with Gasteiger partial charge >= 0.3 is 0 Å². The first-order chi connectivity index (χ1) is 12.6. The van der Waals surface area contributed by atoms with Gasteiger partial charge in [-0.25, -0.2) is 4.98 Å². The molecule has 6 nitrogen and oxygen atoms in total. The number of benzene rings is 1. The minimum absolute atomic E-state index is 0.111. The molecule has 26 heavy (non-hydrogen) atoms. The van der Waals surface area contributed by atoms with E-state index in [4.69, 9.17) is 4.74 Å². The lowest BCUT2D eigenvalue weighted by atomic mass is 10.1. The minimum Gasteiger partial charge on any atom is -0.481 e. The zero-order chi connectivity index (χ0) is 18.1. The van der Waals surface area contributed by atoms with Crippen LogP contribution in [-0.2, 0) is 17.8 Å². The Labute approximate surface area is 150 Å². The van der Waals surface area contributed by atoms with Gasteiger partial charge in [-0.3, -0.25) is 14.0 Å². The summed E-state index contributed by atoms with van der Waals surface area (Å²) in [7, 11) is 0. The number of hydrogen-bond donors (Lipinski definition) is 0. The molecule has 0 saturated carbocycles. The Bertz CT molecular complexity index is 1010. The Balaban J connectivity index is 1.57. The van der Waals surface area contributed by atoms with Crippen LogP contribution in [0.25, 0.3) is 5.65 Å². The SMILES string of the molecule is CC(Oc1ccccc1)C(=O)N1CCc2nc3ccccn3c(=O)c2C1. The molecule has 2 aromatic heterocycles. The van der Waals surface area contributed by atoms with Crippen molar-refractivity contribution in [3.05, 3.63) is 76.3 Å². The van der Waals surface area contributed by atoms with Crippen LogP contribution in [0.2, 0.25) is 0 Å². The first-order valence-corrected chi connectivity index (χ1v) is 8.63. The summed E-state index contributed by atoms with van der Waals surface area (Å²) in [6, 6.07) is 14.7. The molecule has 0 spiro atoms. The fourth-order valence-electron chi connectivity index (χ4n) is 3.25. The van der Waals surface area contributed by atoms with Crippen molar-refractivity contribution in [3.63, 3.8) is 0 Å². The van der Waals surface area contributed by atoms with E-state index in [-0.39, 0.29) is 18.0 Å². The van der Waals surface area contributed by atoms with E-state index in [0.717, 1.165) is 5.69 Å². The zero-order valence-electron chi connectivity index (χ0n) is 14.5. The summed E-state index contributed by atoms with van der Waals surface area (Å²) in [5, 5.41) is 0. The maximum Gasteiger partial charge on any atom is 0.263 e. The summed E-state index contributed by atoms with van der Waals surface area (Å²) in [6.45, 7) is 2.53. The lowest BCUT2D eigenvalue weighted by molar-refractivity contribution is -0.138. The number of carbonyl (C=O) groups is 1. The molecule has 1 aliphatic rings. The highest BCUT2D eigenvalue weighted by molar-refractivity contribution is 5.81. The van der Waals surface area contributed by atoms with Crippen LogP contribution in [0.4, 0.5) is 0 Å². The molecule has 1 unspecified atom stereocenters. The molecule has 0 bridgehead atoms. The van der Waals surface area contributed by atoms with E-state index >= 15 is 0 Å². The van der Waals surface area contributed by atoms with Crippen molar-refractivity contribution in [2.75, 3.05) is 6.54 Å². The standard InChI is InChI=1S/C20H19N3O3/c1-14(26-15-7-3-2-4-8-15)19(24)22-12-10-17-16(13-22)20(25)23-11-6-5-9-18(23)21-17/h2-9,11,14H,10,12-13H2,1H3. The van der Waals surface area contributed by atoms with Crippen molar-refractivity contribution < 1.29 is 9.53 Å². The van der Waals surface area contributed by atoms with Gasteiger partial charge in [0.25, 0.3) is 11.5 Å². The van der Waals surface area contributed by atoms with Crippen molar-refractivity contribution in [2.24, 2.45) is 0 Å². The second-order valence-corrected chi connectivity index (χ2v) is 6.35. The van der Waals surface area contributed by atoms with Crippen LogP contribution in [0.1, 0.15) is 18.2 Å². The van der Waals surface area contributed by atoms with Crippen LogP contribution in [0.3, 0.4) is 0 Å². The zero-order valence-corrected chi connectivity index (χ0v) is 14.5. The van der Waals surface area contributed by atoms with E-state index < -0.39 is 6.10 Å². The average molecular weight is 349 g/mol. The van der Waals surface area contributed by atoms with E-state index in [1.54, 1.807) is 24.1 Å². The second-order valence-electron chi connectivity index (χ2n) is 6.35. The molecule has 1 atom stereocenters. The van der Waals surface area contributed by atoms with Gasteiger partial charge in [-0.1, -0.05) is 24.3 Å². The van der Waals surface area contributed by atoms with Gasteiger partial charge in [-0.15, -0.1) is 0 Å². The molecule has 0 radical (unpaired) electrons. The first-order valence-electron chi connectivity index (χ1n) is 8.63. The molecule has 132 valence electrons. The molecule has 4 rings (SSSR count). The third kappa shape index (κ3) is 2.94. The largest absolute Gasteiger partial charge is 0.481 e. The topological polar surface area (TPSA) is 63.9 Å². The molecule has 0 saturated heterocycles. The summed E-state index contributed by atoms with van der Waals surface area (Å²) in [6.07, 6.45) is 1.65. The van der Waals surface area contributed by atoms with Crippen molar-refractivity contribution in [2.45, 2.75) is 26.0 Å². The molecular formula is C20H19N3O3. The van der Waals surface area contributed by atoms with E-state index in [1.807, 2.05) is 42.5 Å². The van der Waals surface area contributed by atoms with Crippen LogP contribution < -0.4 is 10.3 Å². The predicted octanol–water partition coefficient (Wildman–Crippen LogP) is 2.05. The molecule has 0 N–H and O–H groups in total. The Hall–Kier alpha value is -3.15. The number of hydrogen-bond acceptors (Lipinski definition) is 4. The number of para-hydroxylation sites is 1. The summed E-state index contributed by atoms with van der Waals surface area (Å²) >= 11 is 0. The molecule has 6 heteroatoms. The molecule has 3 aromatic rings. The molecule has 1 aromatic carbocycles. The fourth-order valence-corrected chi connectivity index (χ4v) is 3.25. The third-order valence-electron chi connectivity index (χ3n) is 4.60. The highest BCUT2D eigenvalue weighted by Crippen LogP contribution is 2.18. The van der Waals surface area contributed by atoms with Gasteiger partial charge in [0.05, 0.1) is 17.8 Å². The third-order valence-corrected chi connectivity index (χ3v) is 4.60. The number of fused-ring (bicyclic) bond motifs is 2. The molecular weight excluding hydrogens is 330 g/mol. The van der Waals surface area contributed by atoms with Crippen molar-refractivity contribution in [1.29, 1.82) is 0 Å². The maximum absolute atomic E-state index is 12.8. The molecule has 0 fully saturated rings. The van der Waals surface area contributed by atoms with E-state index in [1.165, 1.54) is 4.40 Å².